The second-order valence-electron chi connectivity index (χ2n) is 5.52. The largest absolute Gasteiger partial charge is 0.389 e. The number of carbonyl (C=O) groups excluding carboxylic acids is 1. The van der Waals surface area contributed by atoms with Crippen molar-refractivity contribution in [1.82, 2.24) is 9.80 Å². The zero-order chi connectivity index (χ0) is 11.8. The normalized spacial score (nSPS) is 24.9. The van der Waals surface area contributed by atoms with Gasteiger partial charge in [0.15, 0.2) is 0 Å². The highest BCUT2D eigenvalue weighted by atomic mass is 16.3. The van der Waals surface area contributed by atoms with Crippen LogP contribution < -0.4 is 0 Å². The third-order valence-corrected chi connectivity index (χ3v) is 3.96. The molecule has 92 valence electrons. The summed E-state index contributed by atoms with van der Waals surface area (Å²) in [4.78, 5) is 15.9. The van der Waals surface area contributed by atoms with Gasteiger partial charge in [-0.2, -0.15) is 0 Å². The summed E-state index contributed by atoms with van der Waals surface area (Å²) in [6, 6.07) is 0.502. The van der Waals surface area contributed by atoms with Gasteiger partial charge < -0.3 is 14.9 Å². The summed E-state index contributed by atoms with van der Waals surface area (Å²) in [6.45, 7) is 1.64. The molecule has 0 atom stereocenters. The molecule has 0 radical (unpaired) electrons. The molecule has 1 aliphatic heterocycles. The average molecular weight is 226 g/mol. The molecule has 1 amide bonds. The SMILES string of the molecule is CN(C)C1CN(C(=O)CC2(O)CCCC2)C1. The molecule has 1 aliphatic carbocycles. The van der Waals surface area contributed by atoms with Gasteiger partial charge in [-0.05, 0) is 26.9 Å². The number of nitrogens with zero attached hydrogens (tertiary/aromatic N) is 2. The van der Waals surface area contributed by atoms with Gasteiger partial charge in [-0.3, -0.25) is 4.79 Å². The van der Waals surface area contributed by atoms with E-state index in [2.05, 4.69) is 4.90 Å². The number of likely N-dealkylation sites (tertiary alicyclic amines) is 1. The van der Waals surface area contributed by atoms with E-state index in [9.17, 15) is 9.90 Å². The van der Waals surface area contributed by atoms with E-state index in [1.54, 1.807) is 0 Å². The standard InChI is InChI=1S/C12H22N2O2/c1-13(2)10-8-14(9-10)11(15)7-12(16)5-3-4-6-12/h10,16H,3-9H2,1-2H3. The number of rotatable bonds is 3. The molecule has 1 N–H and O–H groups in total. The molecule has 2 aliphatic rings. The van der Waals surface area contributed by atoms with Crippen molar-refractivity contribution >= 4 is 5.91 Å². The highest BCUT2D eigenvalue weighted by Crippen LogP contribution is 2.33. The van der Waals surface area contributed by atoms with Gasteiger partial charge in [0, 0.05) is 19.1 Å². The lowest BCUT2D eigenvalue weighted by Gasteiger charge is -2.43. The van der Waals surface area contributed by atoms with Gasteiger partial charge in [0.25, 0.3) is 0 Å². The fourth-order valence-corrected chi connectivity index (χ4v) is 2.59. The van der Waals surface area contributed by atoms with E-state index in [-0.39, 0.29) is 5.91 Å². The zero-order valence-corrected chi connectivity index (χ0v) is 10.3. The molecule has 0 aromatic rings. The van der Waals surface area contributed by atoms with Crippen molar-refractivity contribution in [1.29, 1.82) is 0 Å². The number of aliphatic hydroxyl groups is 1. The van der Waals surface area contributed by atoms with Crippen LogP contribution in [0.1, 0.15) is 32.1 Å². The van der Waals surface area contributed by atoms with Crippen LogP contribution in [0, 0.1) is 0 Å². The Balaban J connectivity index is 1.77. The van der Waals surface area contributed by atoms with E-state index in [4.69, 9.17) is 0 Å². The molecular formula is C12H22N2O2. The lowest BCUT2D eigenvalue weighted by atomic mass is 9.95. The number of likely N-dealkylation sites (N-methyl/N-ethyl adjacent to an activating group) is 1. The van der Waals surface area contributed by atoms with Gasteiger partial charge in [-0.15, -0.1) is 0 Å². The number of carbonyl (C=O) groups is 1. The van der Waals surface area contributed by atoms with Crippen molar-refractivity contribution < 1.29 is 9.90 Å². The topological polar surface area (TPSA) is 43.8 Å². The smallest absolute Gasteiger partial charge is 0.225 e. The van der Waals surface area contributed by atoms with Crippen molar-refractivity contribution in [2.24, 2.45) is 0 Å². The Morgan fingerprint density at radius 2 is 1.94 bits per heavy atom. The lowest BCUT2D eigenvalue weighted by molar-refractivity contribution is -0.143. The maximum atomic E-state index is 11.9. The Kier molecular flexibility index (Phi) is 3.22. The molecule has 4 nitrogen and oxygen atoms in total. The monoisotopic (exact) mass is 226 g/mol. The molecule has 0 unspecified atom stereocenters. The molecule has 2 rings (SSSR count). The van der Waals surface area contributed by atoms with Crippen molar-refractivity contribution in [3.05, 3.63) is 0 Å². The predicted molar refractivity (Wildman–Crippen MR) is 62.1 cm³/mol. The predicted octanol–water partition coefficient (Wildman–Crippen LogP) is 0.454. The summed E-state index contributed by atoms with van der Waals surface area (Å²) in [6.07, 6.45) is 4.04. The van der Waals surface area contributed by atoms with Gasteiger partial charge >= 0.3 is 0 Å². The highest BCUT2D eigenvalue weighted by molar-refractivity contribution is 5.78. The quantitative estimate of drug-likeness (QED) is 0.760. The minimum atomic E-state index is -0.694. The number of hydrogen-bond acceptors (Lipinski definition) is 3. The summed E-state index contributed by atoms with van der Waals surface area (Å²) in [5, 5.41) is 10.1. The maximum Gasteiger partial charge on any atom is 0.225 e. The Morgan fingerprint density at radius 3 is 2.44 bits per heavy atom. The Hall–Kier alpha value is -0.610. The van der Waals surface area contributed by atoms with E-state index in [1.165, 1.54) is 0 Å². The van der Waals surface area contributed by atoms with Gasteiger partial charge in [-0.1, -0.05) is 12.8 Å². The maximum absolute atomic E-state index is 11.9. The van der Waals surface area contributed by atoms with Crippen LogP contribution in [0.15, 0.2) is 0 Å². The van der Waals surface area contributed by atoms with Crippen molar-refractivity contribution in [2.75, 3.05) is 27.2 Å². The molecule has 2 fully saturated rings. The summed E-state index contributed by atoms with van der Waals surface area (Å²) < 4.78 is 0. The van der Waals surface area contributed by atoms with Crippen LogP contribution in [-0.2, 0) is 4.79 Å². The van der Waals surface area contributed by atoms with E-state index in [0.717, 1.165) is 38.8 Å². The second-order valence-corrected chi connectivity index (χ2v) is 5.52. The Labute approximate surface area is 97.2 Å². The zero-order valence-electron chi connectivity index (χ0n) is 10.3. The molecule has 0 aromatic carbocycles. The Morgan fingerprint density at radius 1 is 1.38 bits per heavy atom. The summed E-state index contributed by atoms with van der Waals surface area (Å²) in [7, 11) is 4.08. The van der Waals surface area contributed by atoms with Crippen LogP contribution in [0.5, 0.6) is 0 Å². The molecule has 4 heteroatoms. The molecule has 1 saturated heterocycles. The van der Waals surface area contributed by atoms with Crippen LogP contribution in [-0.4, -0.2) is 59.6 Å². The molecule has 1 saturated carbocycles. The fraction of sp³-hybridized carbons (Fsp3) is 0.917. The number of hydrogen-bond donors (Lipinski definition) is 1. The molecule has 0 bridgehead atoms. The summed E-state index contributed by atoms with van der Waals surface area (Å²) >= 11 is 0. The first-order valence-electron chi connectivity index (χ1n) is 6.17. The van der Waals surface area contributed by atoms with Crippen molar-refractivity contribution in [3.63, 3.8) is 0 Å². The second kappa shape index (κ2) is 4.34. The van der Waals surface area contributed by atoms with Crippen LogP contribution in [0.4, 0.5) is 0 Å². The minimum Gasteiger partial charge on any atom is -0.389 e. The Bertz CT molecular complexity index is 266. The van der Waals surface area contributed by atoms with Crippen molar-refractivity contribution in [2.45, 2.75) is 43.7 Å². The van der Waals surface area contributed by atoms with Crippen LogP contribution in [0.25, 0.3) is 0 Å². The molecule has 1 heterocycles. The fourth-order valence-electron chi connectivity index (χ4n) is 2.59. The number of amides is 1. The molecular weight excluding hydrogens is 204 g/mol. The van der Waals surface area contributed by atoms with Crippen LogP contribution in [0.3, 0.4) is 0 Å². The summed E-state index contributed by atoms with van der Waals surface area (Å²) in [5.74, 6) is 0.127. The van der Waals surface area contributed by atoms with Gasteiger partial charge in [0.05, 0.1) is 12.0 Å². The van der Waals surface area contributed by atoms with Gasteiger partial charge in [-0.25, -0.2) is 0 Å². The minimum absolute atomic E-state index is 0.127. The van der Waals surface area contributed by atoms with Crippen LogP contribution >= 0.6 is 0 Å². The van der Waals surface area contributed by atoms with E-state index in [1.807, 2.05) is 19.0 Å². The molecule has 0 spiro atoms. The van der Waals surface area contributed by atoms with E-state index < -0.39 is 5.60 Å². The highest BCUT2D eigenvalue weighted by Gasteiger charge is 2.38. The third-order valence-electron chi connectivity index (χ3n) is 3.96. The van der Waals surface area contributed by atoms with E-state index >= 15 is 0 Å². The lowest BCUT2D eigenvalue weighted by Crippen LogP contribution is -2.60. The first kappa shape index (κ1) is 11.9. The van der Waals surface area contributed by atoms with Gasteiger partial charge in [0.2, 0.25) is 5.91 Å². The average Bonchev–Trinajstić information content (AvgIpc) is 2.47. The first-order valence-corrected chi connectivity index (χ1v) is 6.17. The summed E-state index contributed by atoms with van der Waals surface area (Å²) in [5.41, 5.74) is -0.694. The van der Waals surface area contributed by atoms with E-state index in [0.29, 0.717) is 12.5 Å². The molecule has 16 heavy (non-hydrogen) atoms. The van der Waals surface area contributed by atoms with Gasteiger partial charge in [0.1, 0.15) is 0 Å². The third kappa shape index (κ3) is 2.38. The van der Waals surface area contributed by atoms with Crippen LogP contribution in [0.2, 0.25) is 0 Å². The van der Waals surface area contributed by atoms with Crippen molar-refractivity contribution in [3.8, 4) is 0 Å². The molecule has 0 aromatic heterocycles. The first-order chi connectivity index (χ1) is 7.50.